The van der Waals surface area contributed by atoms with E-state index in [0.717, 1.165) is 12.8 Å². The standard InChI is InChI=1S/C16H26N6O4S/c1-2-26-16(23)22-10-5-13(6-11-22)21-15(17)19-8-9-20-27(24,25)14-4-3-7-18-12-14/h3-4,7,12-13,20H,2,5-6,8-11H2,1H3,(H3,17,19,21). The molecule has 27 heavy (non-hydrogen) atoms. The highest BCUT2D eigenvalue weighted by molar-refractivity contribution is 7.89. The summed E-state index contributed by atoms with van der Waals surface area (Å²) in [6.45, 7) is 3.66. The van der Waals surface area contributed by atoms with E-state index < -0.39 is 10.0 Å². The molecular weight excluding hydrogens is 372 g/mol. The first-order valence-corrected chi connectivity index (χ1v) is 10.3. The summed E-state index contributed by atoms with van der Waals surface area (Å²) < 4.78 is 31.5. The Bertz CT molecular complexity index is 733. The number of aliphatic imine (C=N–C) groups is 1. The molecule has 10 nitrogen and oxygen atoms in total. The van der Waals surface area contributed by atoms with Crippen LogP contribution >= 0.6 is 0 Å². The smallest absolute Gasteiger partial charge is 0.409 e. The third-order valence-corrected chi connectivity index (χ3v) is 5.45. The summed E-state index contributed by atoms with van der Waals surface area (Å²) in [5, 5.41) is 3.10. The maximum atomic E-state index is 12.0. The lowest BCUT2D eigenvalue weighted by atomic mass is 10.1. The minimum atomic E-state index is -3.60. The minimum Gasteiger partial charge on any atom is -0.450 e. The molecular formula is C16H26N6O4S. The van der Waals surface area contributed by atoms with Gasteiger partial charge in [-0.25, -0.2) is 17.9 Å². The number of hydrogen-bond acceptors (Lipinski definition) is 6. The molecule has 0 radical (unpaired) electrons. The first-order chi connectivity index (χ1) is 12.9. The summed E-state index contributed by atoms with van der Waals surface area (Å²) in [5.74, 6) is 0.255. The van der Waals surface area contributed by atoms with Gasteiger partial charge >= 0.3 is 6.09 Å². The fraction of sp³-hybridized carbons (Fsp3) is 0.562. The van der Waals surface area contributed by atoms with Gasteiger partial charge in [-0.1, -0.05) is 0 Å². The highest BCUT2D eigenvalue weighted by Crippen LogP contribution is 2.11. The molecule has 2 heterocycles. The van der Waals surface area contributed by atoms with Gasteiger partial charge in [-0.2, -0.15) is 0 Å². The van der Waals surface area contributed by atoms with Crippen LogP contribution in [0.2, 0.25) is 0 Å². The first-order valence-electron chi connectivity index (χ1n) is 8.80. The fourth-order valence-electron chi connectivity index (χ4n) is 2.62. The summed E-state index contributed by atoms with van der Waals surface area (Å²) in [4.78, 5) is 21.4. The van der Waals surface area contributed by atoms with Crippen LogP contribution in [0.5, 0.6) is 0 Å². The molecule has 1 amide bonds. The second-order valence-corrected chi connectivity index (χ2v) is 7.72. The van der Waals surface area contributed by atoms with Crippen LogP contribution in [0, 0.1) is 0 Å². The molecule has 0 unspecified atom stereocenters. The van der Waals surface area contributed by atoms with E-state index in [9.17, 15) is 13.2 Å². The van der Waals surface area contributed by atoms with Gasteiger partial charge in [-0.05, 0) is 31.9 Å². The number of amides is 1. The fourth-order valence-corrected chi connectivity index (χ4v) is 3.61. The molecule has 0 bridgehead atoms. The number of nitrogens with two attached hydrogens (primary N) is 1. The minimum absolute atomic E-state index is 0.105. The Labute approximate surface area is 159 Å². The van der Waals surface area contributed by atoms with Gasteiger partial charge in [0.2, 0.25) is 10.0 Å². The second kappa shape index (κ2) is 10.1. The molecule has 1 aliphatic heterocycles. The van der Waals surface area contributed by atoms with Gasteiger partial charge < -0.3 is 20.7 Å². The van der Waals surface area contributed by atoms with E-state index in [1.54, 1.807) is 17.9 Å². The van der Waals surface area contributed by atoms with E-state index >= 15 is 0 Å². The number of carbonyl (C=O) groups is 1. The molecule has 1 aromatic rings. The highest BCUT2D eigenvalue weighted by Gasteiger charge is 2.23. The lowest BCUT2D eigenvalue weighted by Gasteiger charge is -2.31. The summed E-state index contributed by atoms with van der Waals surface area (Å²) in [5.41, 5.74) is 5.85. The Hall–Kier alpha value is -2.40. The Morgan fingerprint density at radius 1 is 1.44 bits per heavy atom. The number of aromatic nitrogens is 1. The SMILES string of the molecule is CCOC(=O)N1CCC(NC(N)=NCCNS(=O)(=O)c2cccnc2)CC1. The van der Waals surface area contributed by atoms with E-state index in [1.807, 2.05) is 0 Å². The van der Waals surface area contributed by atoms with Crippen LogP contribution in [0.3, 0.4) is 0 Å². The Kier molecular flexibility index (Phi) is 7.80. The highest BCUT2D eigenvalue weighted by atomic mass is 32.2. The zero-order valence-corrected chi connectivity index (χ0v) is 16.1. The molecule has 0 spiro atoms. The van der Waals surface area contributed by atoms with Crippen LogP contribution in [0.25, 0.3) is 0 Å². The molecule has 0 aromatic carbocycles. The molecule has 1 saturated heterocycles. The topological polar surface area (TPSA) is 139 Å². The molecule has 0 aliphatic carbocycles. The number of nitrogens with zero attached hydrogens (tertiary/aromatic N) is 3. The number of carbonyl (C=O) groups excluding carboxylic acids is 1. The van der Waals surface area contributed by atoms with Crippen molar-refractivity contribution < 1.29 is 17.9 Å². The van der Waals surface area contributed by atoms with Gasteiger partial charge in [-0.15, -0.1) is 0 Å². The monoisotopic (exact) mass is 398 g/mol. The predicted octanol–water partition coefficient (Wildman–Crippen LogP) is -0.115. The normalized spacial score (nSPS) is 16.2. The largest absolute Gasteiger partial charge is 0.450 e. The third kappa shape index (κ3) is 6.68. The summed E-state index contributed by atoms with van der Waals surface area (Å²) in [6, 6.07) is 3.14. The molecule has 0 atom stereocenters. The van der Waals surface area contributed by atoms with Crippen molar-refractivity contribution in [3.05, 3.63) is 24.5 Å². The van der Waals surface area contributed by atoms with Gasteiger partial charge in [0.05, 0.1) is 13.2 Å². The molecule has 4 N–H and O–H groups in total. The number of hydrogen-bond donors (Lipinski definition) is 3. The van der Waals surface area contributed by atoms with Crippen molar-refractivity contribution in [3.8, 4) is 0 Å². The number of pyridine rings is 1. The van der Waals surface area contributed by atoms with E-state index in [0.29, 0.717) is 19.7 Å². The molecule has 1 fully saturated rings. The van der Waals surface area contributed by atoms with Crippen molar-refractivity contribution >= 4 is 22.1 Å². The van der Waals surface area contributed by atoms with E-state index in [2.05, 4.69) is 20.0 Å². The van der Waals surface area contributed by atoms with Crippen LogP contribution in [-0.4, -0.2) is 69.2 Å². The van der Waals surface area contributed by atoms with Crippen molar-refractivity contribution in [1.29, 1.82) is 0 Å². The molecule has 150 valence electrons. The van der Waals surface area contributed by atoms with Crippen LogP contribution in [0.4, 0.5) is 4.79 Å². The van der Waals surface area contributed by atoms with Crippen molar-refractivity contribution in [2.75, 3.05) is 32.8 Å². The van der Waals surface area contributed by atoms with Crippen LogP contribution in [0.1, 0.15) is 19.8 Å². The van der Waals surface area contributed by atoms with E-state index in [-0.39, 0.29) is 36.1 Å². The second-order valence-electron chi connectivity index (χ2n) is 5.96. The average molecular weight is 398 g/mol. The van der Waals surface area contributed by atoms with Crippen molar-refractivity contribution in [1.82, 2.24) is 19.9 Å². The van der Waals surface area contributed by atoms with Gasteiger partial charge in [0, 0.05) is 38.1 Å². The van der Waals surface area contributed by atoms with Gasteiger partial charge in [0.25, 0.3) is 0 Å². The lowest BCUT2D eigenvalue weighted by Crippen LogP contribution is -2.48. The van der Waals surface area contributed by atoms with Crippen molar-refractivity contribution in [2.45, 2.75) is 30.7 Å². The maximum Gasteiger partial charge on any atom is 0.409 e. The molecule has 1 aromatic heterocycles. The quantitative estimate of drug-likeness (QED) is 0.331. The average Bonchev–Trinajstić information content (AvgIpc) is 2.67. The van der Waals surface area contributed by atoms with Crippen LogP contribution in [0.15, 0.2) is 34.4 Å². The summed E-state index contributed by atoms with van der Waals surface area (Å²) in [6.07, 6.45) is 3.97. The Balaban J connectivity index is 1.70. The molecule has 11 heteroatoms. The zero-order chi connectivity index (χ0) is 19.7. The van der Waals surface area contributed by atoms with E-state index in [1.165, 1.54) is 18.5 Å². The number of sulfonamides is 1. The number of guanidine groups is 1. The van der Waals surface area contributed by atoms with Gasteiger partial charge in [0.1, 0.15) is 4.90 Å². The Morgan fingerprint density at radius 2 is 2.19 bits per heavy atom. The van der Waals surface area contributed by atoms with E-state index in [4.69, 9.17) is 10.5 Å². The summed E-state index contributed by atoms with van der Waals surface area (Å²) >= 11 is 0. The molecule has 1 aliphatic rings. The van der Waals surface area contributed by atoms with Gasteiger partial charge in [-0.3, -0.25) is 9.98 Å². The maximum absolute atomic E-state index is 12.0. The number of likely N-dealkylation sites (tertiary alicyclic amines) is 1. The number of ether oxygens (including phenoxy) is 1. The van der Waals surface area contributed by atoms with Crippen molar-refractivity contribution in [2.24, 2.45) is 10.7 Å². The molecule has 2 rings (SSSR count). The lowest BCUT2D eigenvalue weighted by molar-refractivity contribution is 0.0963. The first kappa shape index (κ1) is 20.9. The van der Waals surface area contributed by atoms with Gasteiger partial charge in [0.15, 0.2) is 5.96 Å². The number of nitrogens with one attached hydrogen (secondary N) is 2. The molecule has 0 saturated carbocycles. The van der Waals surface area contributed by atoms with Crippen LogP contribution < -0.4 is 15.8 Å². The van der Waals surface area contributed by atoms with Crippen molar-refractivity contribution in [3.63, 3.8) is 0 Å². The third-order valence-electron chi connectivity index (χ3n) is 4.00. The number of rotatable bonds is 7. The number of piperidine rings is 1. The Morgan fingerprint density at radius 3 is 2.81 bits per heavy atom. The summed E-state index contributed by atoms with van der Waals surface area (Å²) in [7, 11) is -3.60. The van der Waals surface area contributed by atoms with Crippen LogP contribution in [-0.2, 0) is 14.8 Å². The zero-order valence-electron chi connectivity index (χ0n) is 15.3. The predicted molar refractivity (Wildman–Crippen MR) is 101 cm³/mol.